The Morgan fingerprint density at radius 2 is 2.35 bits per heavy atom. The number of halogens is 1. The Kier molecular flexibility index (Phi) is 3.10. The van der Waals surface area contributed by atoms with Crippen LogP contribution in [0.4, 0.5) is 5.69 Å². The second kappa shape index (κ2) is 4.79. The van der Waals surface area contributed by atoms with E-state index in [0.29, 0.717) is 23.6 Å². The van der Waals surface area contributed by atoms with Crippen LogP contribution in [0.3, 0.4) is 0 Å². The van der Waals surface area contributed by atoms with E-state index < -0.39 is 6.04 Å². The monoisotopic (exact) mass is 292 g/mol. The van der Waals surface area contributed by atoms with Crippen molar-refractivity contribution in [2.24, 2.45) is 0 Å². The summed E-state index contributed by atoms with van der Waals surface area (Å²) in [7, 11) is 1.64. The molecule has 2 heterocycles. The van der Waals surface area contributed by atoms with Crippen LogP contribution in [0, 0.1) is 0 Å². The summed E-state index contributed by atoms with van der Waals surface area (Å²) in [4.78, 5) is 25.2. The van der Waals surface area contributed by atoms with Gasteiger partial charge in [0, 0.05) is 23.9 Å². The van der Waals surface area contributed by atoms with Gasteiger partial charge in [0.05, 0.1) is 17.4 Å². The number of nitrogens with one attached hydrogen (secondary N) is 2. The maximum Gasteiger partial charge on any atom is 0.247 e. The minimum atomic E-state index is -0.431. The number of carbonyl (C=O) groups excluding carboxylic acids is 2. The fourth-order valence-corrected chi connectivity index (χ4v) is 2.67. The van der Waals surface area contributed by atoms with Gasteiger partial charge in [0.2, 0.25) is 11.8 Å². The molecule has 0 aliphatic carbocycles. The van der Waals surface area contributed by atoms with Gasteiger partial charge in [0.15, 0.2) is 0 Å². The Labute approximate surface area is 120 Å². The van der Waals surface area contributed by atoms with Gasteiger partial charge in [0.25, 0.3) is 0 Å². The number of likely N-dealkylation sites (N-methyl/N-ethyl adjacent to an activating group) is 1. The number of rotatable bonds is 2. The highest BCUT2D eigenvalue weighted by molar-refractivity contribution is 6.32. The highest BCUT2D eigenvalue weighted by atomic mass is 35.5. The first-order valence-corrected chi connectivity index (χ1v) is 6.63. The number of aromatic amines is 1. The molecule has 1 aromatic heterocycles. The van der Waals surface area contributed by atoms with Gasteiger partial charge in [-0.25, -0.2) is 0 Å². The Hall–Kier alpha value is -2.08. The number of benzene rings is 1. The molecule has 0 spiro atoms. The molecule has 0 unspecified atom stereocenters. The second-order valence-corrected chi connectivity index (χ2v) is 5.27. The van der Waals surface area contributed by atoms with Crippen molar-refractivity contribution < 1.29 is 9.59 Å². The highest BCUT2D eigenvalue weighted by Crippen LogP contribution is 2.27. The molecule has 0 bridgehead atoms. The molecule has 1 aromatic carbocycles. The second-order valence-electron chi connectivity index (χ2n) is 4.84. The maximum absolute atomic E-state index is 12.3. The van der Waals surface area contributed by atoms with Crippen LogP contribution in [0.5, 0.6) is 0 Å². The van der Waals surface area contributed by atoms with Gasteiger partial charge in [-0.15, -0.1) is 0 Å². The van der Waals surface area contributed by atoms with E-state index in [0.717, 1.165) is 10.9 Å². The number of nitrogens with zero attached hydrogens (tertiary/aromatic N) is 2. The average molecular weight is 293 g/mol. The molecule has 2 N–H and O–H groups in total. The molecule has 1 fully saturated rings. The van der Waals surface area contributed by atoms with Gasteiger partial charge in [-0.1, -0.05) is 11.6 Å². The predicted molar refractivity (Wildman–Crippen MR) is 75.5 cm³/mol. The first-order chi connectivity index (χ1) is 9.56. The van der Waals surface area contributed by atoms with E-state index in [1.807, 2.05) is 0 Å². The fourth-order valence-electron chi connectivity index (χ4n) is 2.45. The quantitative estimate of drug-likeness (QED) is 0.885. The first-order valence-electron chi connectivity index (χ1n) is 6.25. The molecule has 1 saturated heterocycles. The normalized spacial score (nSPS) is 18.8. The lowest BCUT2D eigenvalue weighted by Gasteiger charge is -2.19. The summed E-state index contributed by atoms with van der Waals surface area (Å²) in [6, 6.07) is 3.00. The third-order valence-corrected chi connectivity index (χ3v) is 3.78. The number of likely N-dealkylation sites (tertiary alicyclic amines) is 1. The van der Waals surface area contributed by atoms with E-state index in [1.165, 1.54) is 4.90 Å². The van der Waals surface area contributed by atoms with E-state index in [2.05, 4.69) is 15.5 Å². The van der Waals surface area contributed by atoms with Gasteiger partial charge >= 0.3 is 0 Å². The molecule has 20 heavy (non-hydrogen) atoms. The third-order valence-electron chi connectivity index (χ3n) is 3.57. The predicted octanol–water partition coefficient (Wildman–Crippen LogP) is 1.78. The molecular weight excluding hydrogens is 280 g/mol. The molecular formula is C13H13ClN4O2. The topological polar surface area (TPSA) is 78.1 Å². The number of carbonyl (C=O) groups is 2. The van der Waals surface area contributed by atoms with Crippen molar-refractivity contribution in [3.05, 3.63) is 23.4 Å². The van der Waals surface area contributed by atoms with Crippen LogP contribution < -0.4 is 5.32 Å². The van der Waals surface area contributed by atoms with E-state index in [-0.39, 0.29) is 11.8 Å². The summed E-state index contributed by atoms with van der Waals surface area (Å²) in [5.41, 5.74) is 1.29. The zero-order valence-electron chi connectivity index (χ0n) is 10.8. The van der Waals surface area contributed by atoms with Crippen molar-refractivity contribution in [1.29, 1.82) is 0 Å². The highest BCUT2D eigenvalue weighted by Gasteiger charge is 2.33. The van der Waals surface area contributed by atoms with E-state index in [1.54, 1.807) is 25.4 Å². The van der Waals surface area contributed by atoms with Gasteiger partial charge in [-0.3, -0.25) is 14.7 Å². The average Bonchev–Trinajstić information content (AvgIpc) is 2.97. The molecule has 1 aliphatic rings. The number of amides is 2. The van der Waals surface area contributed by atoms with Crippen LogP contribution in [-0.2, 0) is 9.59 Å². The number of fused-ring (bicyclic) bond motifs is 1. The molecule has 6 nitrogen and oxygen atoms in total. The summed E-state index contributed by atoms with van der Waals surface area (Å²) >= 11 is 6.02. The lowest BCUT2D eigenvalue weighted by Crippen LogP contribution is -2.38. The van der Waals surface area contributed by atoms with Gasteiger partial charge in [-0.2, -0.15) is 5.10 Å². The van der Waals surface area contributed by atoms with Gasteiger partial charge in [-0.05, 0) is 18.6 Å². The number of anilines is 1. The number of hydrogen-bond acceptors (Lipinski definition) is 3. The van der Waals surface area contributed by atoms with E-state index in [4.69, 9.17) is 11.6 Å². The summed E-state index contributed by atoms with van der Waals surface area (Å²) in [6.07, 6.45) is 2.58. The Morgan fingerprint density at radius 3 is 3.05 bits per heavy atom. The largest absolute Gasteiger partial charge is 0.334 e. The zero-order chi connectivity index (χ0) is 14.3. The Bertz CT molecular complexity index is 697. The summed E-state index contributed by atoms with van der Waals surface area (Å²) in [5.74, 6) is -0.223. The van der Waals surface area contributed by atoms with E-state index in [9.17, 15) is 9.59 Å². The standard InChI is InChI=1S/C13H13ClN4O2/c1-18-10(2-3-11(18)19)13(20)16-9-5-8(14)4-7-6-15-17-12(7)9/h4-6,10H,2-3H2,1H3,(H,15,17)(H,16,20)/t10-/m0/s1. The molecule has 1 aliphatic heterocycles. The molecule has 0 radical (unpaired) electrons. The van der Waals surface area contributed by atoms with Crippen molar-refractivity contribution in [1.82, 2.24) is 15.1 Å². The minimum Gasteiger partial charge on any atom is -0.334 e. The van der Waals surface area contributed by atoms with Crippen LogP contribution in [0.1, 0.15) is 12.8 Å². The van der Waals surface area contributed by atoms with Crippen molar-refractivity contribution in [3.63, 3.8) is 0 Å². The molecule has 3 rings (SSSR count). The SMILES string of the molecule is CN1C(=O)CC[C@H]1C(=O)Nc1cc(Cl)cc2cn[nH]c12. The van der Waals surface area contributed by atoms with Crippen molar-refractivity contribution in [2.45, 2.75) is 18.9 Å². The molecule has 2 amide bonds. The zero-order valence-corrected chi connectivity index (χ0v) is 11.6. The number of aromatic nitrogens is 2. The Balaban J connectivity index is 1.88. The van der Waals surface area contributed by atoms with Crippen molar-refractivity contribution in [3.8, 4) is 0 Å². The van der Waals surface area contributed by atoms with Crippen LogP contribution in [0.2, 0.25) is 5.02 Å². The summed E-state index contributed by atoms with van der Waals surface area (Å²) in [6.45, 7) is 0. The number of hydrogen-bond donors (Lipinski definition) is 2. The van der Waals surface area contributed by atoms with Gasteiger partial charge in [0.1, 0.15) is 6.04 Å². The van der Waals surface area contributed by atoms with Gasteiger partial charge < -0.3 is 10.2 Å². The number of H-pyrrole nitrogens is 1. The minimum absolute atomic E-state index is 0.0112. The molecule has 0 saturated carbocycles. The third kappa shape index (κ3) is 2.12. The molecule has 104 valence electrons. The van der Waals surface area contributed by atoms with Crippen LogP contribution in [0.25, 0.3) is 10.9 Å². The summed E-state index contributed by atoms with van der Waals surface area (Å²) < 4.78 is 0. The van der Waals surface area contributed by atoms with Crippen LogP contribution in [-0.4, -0.2) is 40.0 Å². The van der Waals surface area contributed by atoms with Crippen molar-refractivity contribution >= 4 is 40.0 Å². The van der Waals surface area contributed by atoms with Crippen LogP contribution in [0.15, 0.2) is 18.3 Å². The fraction of sp³-hybridized carbons (Fsp3) is 0.308. The lowest BCUT2D eigenvalue weighted by atomic mass is 10.2. The smallest absolute Gasteiger partial charge is 0.247 e. The first kappa shape index (κ1) is 12.9. The Morgan fingerprint density at radius 1 is 1.55 bits per heavy atom. The molecule has 2 aromatic rings. The summed E-state index contributed by atoms with van der Waals surface area (Å²) in [5, 5.41) is 10.9. The van der Waals surface area contributed by atoms with Crippen LogP contribution >= 0.6 is 11.6 Å². The van der Waals surface area contributed by atoms with E-state index >= 15 is 0 Å². The molecule has 7 heteroatoms. The molecule has 1 atom stereocenters. The maximum atomic E-state index is 12.3. The lowest BCUT2D eigenvalue weighted by molar-refractivity contribution is -0.131. The van der Waals surface area contributed by atoms with Crippen molar-refractivity contribution in [2.75, 3.05) is 12.4 Å².